The van der Waals surface area contributed by atoms with Gasteiger partial charge in [-0.2, -0.15) is 0 Å². The lowest BCUT2D eigenvalue weighted by Crippen LogP contribution is -2.25. The molecule has 0 bridgehead atoms. The highest BCUT2D eigenvalue weighted by Crippen LogP contribution is 2.28. The number of benzene rings is 3. The van der Waals surface area contributed by atoms with Gasteiger partial charge in [0.1, 0.15) is 11.5 Å². The molecule has 0 aliphatic rings. The van der Waals surface area contributed by atoms with Crippen LogP contribution in [0, 0.1) is 12.7 Å². The molecule has 9 heteroatoms. The van der Waals surface area contributed by atoms with Gasteiger partial charge in [-0.15, -0.1) is 0 Å². The highest BCUT2D eigenvalue weighted by molar-refractivity contribution is 5.77. The molecule has 0 saturated carbocycles. The second-order valence-corrected chi connectivity index (χ2v) is 10.7. The van der Waals surface area contributed by atoms with Gasteiger partial charge in [-0.1, -0.05) is 6.07 Å². The molecule has 8 nitrogen and oxygen atoms in total. The van der Waals surface area contributed by atoms with E-state index in [0.29, 0.717) is 18.8 Å². The van der Waals surface area contributed by atoms with Crippen LogP contribution in [0.2, 0.25) is 0 Å². The van der Waals surface area contributed by atoms with E-state index < -0.39 is 17.0 Å². The maximum Gasteiger partial charge on any atom is 0.165 e. The summed E-state index contributed by atoms with van der Waals surface area (Å²) >= 11 is 0. The highest BCUT2D eigenvalue weighted by Gasteiger charge is 2.16. The third kappa shape index (κ3) is 6.87. The van der Waals surface area contributed by atoms with Crippen LogP contribution in [0.4, 0.5) is 4.39 Å². The summed E-state index contributed by atoms with van der Waals surface area (Å²) in [4.78, 5) is 8.48. The molecule has 0 saturated heterocycles. The second kappa shape index (κ2) is 10.4. The molecule has 0 atom stereocenters. The Bertz CT molecular complexity index is 1560. The fourth-order valence-electron chi connectivity index (χ4n) is 4.06. The Morgan fingerprint density at radius 1 is 0.789 bits per heavy atom. The summed E-state index contributed by atoms with van der Waals surface area (Å²) < 4.78 is 23.2. The first-order chi connectivity index (χ1) is 17.8. The van der Waals surface area contributed by atoms with Gasteiger partial charge in [0.25, 0.3) is 0 Å². The number of phenols is 1. The van der Waals surface area contributed by atoms with Crippen LogP contribution in [-0.4, -0.2) is 45.6 Å². The first-order valence-electron chi connectivity index (χ1n) is 12.2. The molecule has 0 aliphatic heterocycles. The minimum atomic E-state index is -0.826. The molecule has 2 aromatic heterocycles. The van der Waals surface area contributed by atoms with Gasteiger partial charge < -0.3 is 29.2 Å². The van der Waals surface area contributed by atoms with Gasteiger partial charge in [0.2, 0.25) is 0 Å². The zero-order chi connectivity index (χ0) is 27.7. The summed E-state index contributed by atoms with van der Waals surface area (Å²) in [6.07, 6.45) is 3.35. The predicted molar refractivity (Wildman–Crippen MR) is 145 cm³/mol. The van der Waals surface area contributed by atoms with Crippen molar-refractivity contribution in [2.45, 2.75) is 58.9 Å². The average Bonchev–Trinajstić information content (AvgIpc) is 3.37. The number of aryl methyl sites for hydroxylation is 1. The number of rotatable bonds is 6. The summed E-state index contributed by atoms with van der Waals surface area (Å²) in [6, 6.07) is 15.3. The third-order valence-electron chi connectivity index (χ3n) is 5.63. The van der Waals surface area contributed by atoms with Crippen LogP contribution in [0.3, 0.4) is 0 Å². The van der Waals surface area contributed by atoms with Crippen LogP contribution in [0.15, 0.2) is 67.3 Å². The number of ether oxygens (including phenoxy) is 1. The average molecular weight is 521 g/mol. The zero-order valence-corrected chi connectivity index (χ0v) is 22.2. The van der Waals surface area contributed by atoms with Gasteiger partial charge in [0.05, 0.1) is 59.0 Å². The Balaban J connectivity index is 0.000000194. The second-order valence-electron chi connectivity index (χ2n) is 10.7. The van der Waals surface area contributed by atoms with E-state index in [0.717, 1.165) is 27.6 Å². The molecule has 3 N–H and O–H groups in total. The molecule has 2 heterocycles. The number of imidazole rings is 2. The Hall–Kier alpha value is -3.95. The molecular formula is C29H33FN4O4. The summed E-state index contributed by atoms with van der Waals surface area (Å²) in [5.74, 6) is 0.522. The van der Waals surface area contributed by atoms with Gasteiger partial charge in [0, 0.05) is 12.1 Å². The van der Waals surface area contributed by atoms with Crippen molar-refractivity contribution >= 4 is 22.1 Å². The van der Waals surface area contributed by atoms with E-state index in [9.17, 15) is 19.7 Å². The van der Waals surface area contributed by atoms with Gasteiger partial charge >= 0.3 is 0 Å². The molecule has 0 radical (unpaired) electrons. The van der Waals surface area contributed by atoms with Crippen molar-refractivity contribution in [2.75, 3.05) is 0 Å². The van der Waals surface area contributed by atoms with Crippen molar-refractivity contribution < 1.29 is 24.4 Å². The van der Waals surface area contributed by atoms with E-state index in [1.54, 1.807) is 82.8 Å². The van der Waals surface area contributed by atoms with Crippen molar-refractivity contribution in [3.63, 3.8) is 0 Å². The van der Waals surface area contributed by atoms with Crippen molar-refractivity contribution in [3.05, 3.63) is 78.6 Å². The number of hydrogen-bond acceptors (Lipinski definition) is 6. The Kier molecular flexibility index (Phi) is 7.44. The van der Waals surface area contributed by atoms with E-state index in [2.05, 4.69) is 9.97 Å². The molecule has 3 aromatic carbocycles. The summed E-state index contributed by atoms with van der Waals surface area (Å²) in [5.41, 5.74) is 2.52. The van der Waals surface area contributed by atoms with Crippen LogP contribution in [0.25, 0.3) is 22.1 Å². The standard InChI is InChI=1S/C18H19FN2O2.C11H14N2O2/c1-12-4-7-17(14(19)8-12)23-13-5-6-16-15(9-13)20-11-21(16)10-18(2,3)22;1-11(2,15)6-13-7-12-9-5-8(14)3-4-10(9)13/h4-9,11,22H,10H2,1-3H3;3-5,7,14-15H,6H2,1-2H3. The van der Waals surface area contributed by atoms with E-state index in [4.69, 9.17) is 4.74 Å². The Labute approximate surface area is 220 Å². The summed E-state index contributed by atoms with van der Waals surface area (Å²) in [5, 5.41) is 28.9. The van der Waals surface area contributed by atoms with Crippen molar-refractivity contribution in [2.24, 2.45) is 0 Å². The van der Waals surface area contributed by atoms with Gasteiger partial charge in [0.15, 0.2) is 11.6 Å². The third-order valence-corrected chi connectivity index (χ3v) is 5.63. The monoisotopic (exact) mass is 520 g/mol. The van der Waals surface area contributed by atoms with Crippen molar-refractivity contribution in [1.29, 1.82) is 0 Å². The SMILES string of the molecule is CC(C)(O)Cn1cnc2cc(O)ccc21.Cc1ccc(Oc2ccc3c(c2)ncn3CC(C)(C)O)c(F)c1. The Morgan fingerprint density at radius 2 is 1.34 bits per heavy atom. The van der Waals surface area contributed by atoms with Crippen LogP contribution in [-0.2, 0) is 13.1 Å². The van der Waals surface area contributed by atoms with Gasteiger partial charge in [-0.25, -0.2) is 14.4 Å². The first kappa shape index (κ1) is 27.1. The predicted octanol–water partition coefficient (Wildman–Crippen LogP) is 5.56. The fraction of sp³-hybridized carbons (Fsp3) is 0.310. The smallest absolute Gasteiger partial charge is 0.165 e. The van der Waals surface area contributed by atoms with Crippen LogP contribution in [0.1, 0.15) is 33.3 Å². The van der Waals surface area contributed by atoms with E-state index in [1.807, 2.05) is 22.1 Å². The molecule has 0 spiro atoms. The van der Waals surface area contributed by atoms with E-state index in [-0.39, 0.29) is 11.5 Å². The van der Waals surface area contributed by atoms with Crippen LogP contribution < -0.4 is 4.74 Å². The largest absolute Gasteiger partial charge is 0.508 e. The number of aromatic nitrogens is 4. The molecule has 0 aliphatic carbocycles. The minimum Gasteiger partial charge on any atom is -0.508 e. The summed E-state index contributed by atoms with van der Waals surface area (Å²) in [6.45, 7) is 9.74. The van der Waals surface area contributed by atoms with Crippen LogP contribution >= 0.6 is 0 Å². The highest BCUT2D eigenvalue weighted by atomic mass is 19.1. The number of fused-ring (bicyclic) bond motifs is 2. The lowest BCUT2D eigenvalue weighted by atomic mass is 10.1. The normalized spacial score (nSPS) is 12.0. The molecule has 5 rings (SSSR count). The lowest BCUT2D eigenvalue weighted by Gasteiger charge is -2.18. The molecule has 0 unspecified atom stereocenters. The number of nitrogens with zero attached hydrogens (tertiary/aromatic N) is 4. The first-order valence-corrected chi connectivity index (χ1v) is 12.2. The quantitative estimate of drug-likeness (QED) is 0.271. The topological polar surface area (TPSA) is 106 Å². The molecule has 200 valence electrons. The molecule has 0 amide bonds. The van der Waals surface area contributed by atoms with E-state index >= 15 is 0 Å². The van der Waals surface area contributed by atoms with Gasteiger partial charge in [-0.3, -0.25) is 0 Å². The maximum atomic E-state index is 13.9. The van der Waals surface area contributed by atoms with Crippen LogP contribution in [0.5, 0.6) is 17.2 Å². The van der Waals surface area contributed by atoms with Crippen molar-refractivity contribution in [1.82, 2.24) is 19.1 Å². The molecular weight excluding hydrogens is 487 g/mol. The Morgan fingerprint density at radius 3 is 1.89 bits per heavy atom. The number of phenolic OH excluding ortho intramolecular Hbond substituents is 1. The lowest BCUT2D eigenvalue weighted by molar-refractivity contribution is 0.0620. The molecule has 38 heavy (non-hydrogen) atoms. The zero-order valence-electron chi connectivity index (χ0n) is 22.2. The maximum absolute atomic E-state index is 13.9. The number of hydrogen-bond donors (Lipinski definition) is 3. The van der Waals surface area contributed by atoms with E-state index in [1.165, 1.54) is 6.07 Å². The number of halogens is 1. The number of aromatic hydroxyl groups is 1. The fourth-order valence-corrected chi connectivity index (χ4v) is 4.06. The minimum absolute atomic E-state index is 0.186. The van der Waals surface area contributed by atoms with Crippen molar-refractivity contribution in [3.8, 4) is 17.2 Å². The molecule has 0 fully saturated rings. The molecule has 5 aromatic rings. The van der Waals surface area contributed by atoms with Gasteiger partial charge in [-0.05, 0) is 76.6 Å². The summed E-state index contributed by atoms with van der Waals surface area (Å²) in [7, 11) is 0. The number of aliphatic hydroxyl groups is 2.